The first kappa shape index (κ1) is 16.8. The lowest BCUT2D eigenvalue weighted by Crippen LogP contribution is -2.38. The van der Waals surface area contributed by atoms with E-state index in [9.17, 15) is 4.79 Å². The van der Waals surface area contributed by atoms with Gasteiger partial charge in [-0.2, -0.15) is 5.10 Å². The Bertz CT molecular complexity index is 1000. The van der Waals surface area contributed by atoms with Crippen LogP contribution in [0, 0.1) is 20.8 Å². The van der Waals surface area contributed by atoms with Gasteiger partial charge in [0.15, 0.2) is 0 Å². The maximum atomic E-state index is 12.9. The predicted octanol–water partition coefficient (Wildman–Crippen LogP) is 4.41. The first-order valence-electron chi connectivity index (χ1n) is 8.78. The van der Waals surface area contributed by atoms with Gasteiger partial charge in [-0.1, -0.05) is 18.2 Å². The van der Waals surface area contributed by atoms with E-state index in [1.165, 1.54) is 11.1 Å². The Balaban J connectivity index is 1.71. The fraction of sp³-hybridized carbons (Fsp3) is 0.300. The Hall–Kier alpha value is -2.60. The Morgan fingerprint density at radius 2 is 2.00 bits per heavy atom. The van der Waals surface area contributed by atoms with Crippen LogP contribution in [0.3, 0.4) is 0 Å². The molecule has 0 radical (unpaired) electrons. The molecule has 0 saturated heterocycles. The van der Waals surface area contributed by atoms with E-state index in [0.717, 1.165) is 39.5 Å². The van der Waals surface area contributed by atoms with Crippen LogP contribution in [0.25, 0.3) is 11.1 Å². The van der Waals surface area contributed by atoms with Crippen LogP contribution in [-0.2, 0) is 6.54 Å². The highest BCUT2D eigenvalue weighted by Gasteiger charge is 2.30. The van der Waals surface area contributed by atoms with E-state index in [1.807, 2.05) is 17.8 Å². The summed E-state index contributed by atoms with van der Waals surface area (Å²) in [5, 5.41) is 13.9. The fourth-order valence-electron chi connectivity index (χ4n) is 3.40. The Morgan fingerprint density at radius 3 is 2.69 bits per heavy atom. The largest absolute Gasteiger partial charge is 0.352 e. The molecule has 4 rings (SSSR count). The van der Waals surface area contributed by atoms with Crippen molar-refractivity contribution >= 4 is 22.2 Å². The number of nitrogens with zero attached hydrogens (tertiary/aromatic N) is 2. The average Bonchev–Trinajstić information content (AvgIpc) is 3.21. The van der Waals surface area contributed by atoms with Crippen LogP contribution in [0.5, 0.6) is 0 Å². The summed E-state index contributed by atoms with van der Waals surface area (Å²) in [6.45, 7) is 9.10. The molecule has 6 heteroatoms. The summed E-state index contributed by atoms with van der Waals surface area (Å²) >= 11 is 1.58. The van der Waals surface area contributed by atoms with E-state index in [2.05, 4.69) is 60.1 Å². The topological polar surface area (TPSA) is 59.0 Å². The standard InChI is InChI=1S/C20H22N4OS/c1-5-24-13(4)15(9-21-24)18-22-19(25)17-16(10-26-20(17)23-18)14-7-6-11(2)12(3)8-14/h6-10,18,23H,5H2,1-4H3,(H,22,25)/t18-/m1/s1. The molecule has 1 atom stereocenters. The van der Waals surface area contributed by atoms with Crippen LogP contribution in [0.15, 0.2) is 29.8 Å². The minimum absolute atomic E-state index is 0.0399. The first-order chi connectivity index (χ1) is 12.5. The van der Waals surface area contributed by atoms with Crippen molar-refractivity contribution in [3.8, 4) is 11.1 Å². The lowest BCUT2D eigenvalue weighted by molar-refractivity contribution is 0.0937. The van der Waals surface area contributed by atoms with Gasteiger partial charge in [0.1, 0.15) is 11.2 Å². The van der Waals surface area contributed by atoms with Crippen molar-refractivity contribution in [1.29, 1.82) is 0 Å². The summed E-state index contributed by atoms with van der Waals surface area (Å²) in [7, 11) is 0. The van der Waals surface area contributed by atoms with Gasteiger partial charge in [0, 0.05) is 28.7 Å². The van der Waals surface area contributed by atoms with Crippen LogP contribution in [0.4, 0.5) is 5.00 Å². The van der Waals surface area contributed by atoms with Crippen LogP contribution >= 0.6 is 11.3 Å². The third kappa shape index (κ3) is 2.61. The molecule has 1 aliphatic heterocycles. The van der Waals surface area contributed by atoms with Crippen molar-refractivity contribution in [3.05, 3.63) is 57.7 Å². The summed E-state index contributed by atoms with van der Waals surface area (Å²) in [6.07, 6.45) is 1.58. The summed E-state index contributed by atoms with van der Waals surface area (Å²) in [5.74, 6) is -0.0399. The molecule has 2 aromatic heterocycles. The van der Waals surface area contributed by atoms with E-state index in [1.54, 1.807) is 11.3 Å². The number of rotatable bonds is 3. The molecule has 134 valence electrons. The summed E-state index contributed by atoms with van der Waals surface area (Å²) in [6, 6.07) is 6.33. The normalized spacial score (nSPS) is 16.2. The van der Waals surface area contributed by atoms with Crippen LogP contribution in [0.2, 0.25) is 0 Å². The van der Waals surface area contributed by atoms with E-state index in [0.29, 0.717) is 0 Å². The zero-order valence-corrected chi connectivity index (χ0v) is 16.2. The Morgan fingerprint density at radius 1 is 1.19 bits per heavy atom. The molecule has 2 N–H and O–H groups in total. The third-order valence-electron chi connectivity index (χ3n) is 5.14. The van der Waals surface area contributed by atoms with Gasteiger partial charge in [0.05, 0.1) is 11.8 Å². The molecule has 3 aromatic rings. The van der Waals surface area contributed by atoms with E-state index in [-0.39, 0.29) is 12.1 Å². The van der Waals surface area contributed by atoms with Gasteiger partial charge in [-0.3, -0.25) is 9.48 Å². The zero-order valence-electron chi connectivity index (χ0n) is 15.4. The number of benzene rings is 1. The molecule has 5 nitrogen and oxygen atoms in total. The van der Waals surface area contributed by atoms with Gasteiger partial charge in [-0.05, 0) is 44.4 Å². The molecule has 0 spiro atoms. The number of hydrogen-bond acceptors (Lipinski definition) is 4. The number of carbonyl (C=O) groups is 1. The predicted molar refractivity (Wildman–Crippen MR) is 106 cm³/mol. The second-order valence-corrected chi connectivity index (χ2v) is 7.58. The van der Waals surface area contributed by atoms with Gasteiger partial charge in [0.25, 0.3) is 5.91 Å². The molecule has 0 bridgehead atoms. The lowest BCUT2D eigenvalue weighted by atomic mass is 9.98. The number of nitrogens with one attached hydrogen (secondary N) is 2. The maximum absolute atomic E-state index is 12.9. The minimum atomic E-state index is -0.249. The van der Waals surface area contributed by atoms with Crippen molar-refractivity contribution < 1.29 is 4.79 Å². The molecule has 1 amide bonds. The molecule has 0 fully saturated rings. The second-order valence-electron chi connectivity index (χ2n) is 6.70. The molecular formula is C20H22N4OS. The number of anilines is 1. The molecule has 0 unspecified atom stereocenters. The molecule has 0 aliphatic carbocycles. The fourth-order valence-corrected chi connectivity index (χ4v) is 4.40. The van der Waals surface area contributed by atoms with E-state index < -0.39 is 0 Å². The monoisotopic (exact) mass is 366 g/mol. The zero-order chi connectivity index (χ0) is 18.4. The molecule has 1 aromatic carbocycles. The van der Waals surface area contributed by atoms with Crippen LogP contribution < -0.4 is 10.6 Å². The highest BCUT2D eigenvalue weighted by molar-refractivity contribution is 7.15. The van der Waals surface area contributed by atoms with Crippen molar-refractivity contribution in [2.75, 3.05) is 5.32 Å². The Kier molecular flexibility index (Phi) is 4.07. The van der Waals surface area contributed by atoms with Gasteiger partial charge >= 0.3 is 0 Å². The SMILES string of the molecule is CCn1ncc([C@@H]2NC(=O)c3c(-c4ccc(C)c(C)c4)csc3N2)c1C. The van der Waals surface area contributed by atoms with Gasteiger partial charge in [-0.15, -0.1) is 11.3 Å². The number of hydrogen-bond donors (Lipinski definition) is 2. The van der Waals surface area contributed by atoms with Crippen molar-refractivity contribution in [1.82, 2.24) is 15.1 Å². The van der Waals surface area contributed by atoms with Gasteiger partial charge < -0.3 is 10.6 Å². The summed E-state index contributed by atoms with van der Waals surface area (Å²) in [4.78, 5) is 12.9. The van der Waals surface area contributed by atoms with Gasteiger partial charge in [0.2, 0.25) is 0 Å². The smallest absolute Gasteiger partial charge is 0.256 e. The maximum Gasteiger partial charge on any atom is 0.256 e. The molecule has 3 heterocycles. The number of aromatic nitrogens is 2. The van der Waals surface area contributed by atoms with E-state index >= 15 is 0 Å². The third-order valence-corrected chi connectivity index (χ3v) is 6.05. The number of aryl methyl sites for hydroxylation is 3. The molecular weight excluding hydrogens is 344 g/mol. The second kappa shape index (κ2) is 6.29. The van der Waals surface area contributed by atoms with Crippen LogP contribution in [0.1, 0.15) is 45.8 Å². The highest BCUT2D eigenvalue weighted by atomic mass is 32.1. The summed E-state index contributed by atoms with van der Waals surface area (Å²) in [5.41, 5.74) is 7.35. The minimum Gasteiger partial charge on any atom is -0.352 e. The van der Waals surface area contributed by atoms with E-state index in [4.69, 9.17) is 0 Å². The number of thiophene rings is 1. The molecule has 0 saturated carbocycles. The number of carbonyl (C=O) groups excluding carboxylic acids is 1. The van der Waals surface area contributed by atoms with Crippen molar-refractivity contribution in [2.24, 2.45) is 0 Å². The number of amides is 1. The molecule has 1 aliphatic rings. The van der Waals surface area contributed by atoms with Gasteiger partial charge in [-0.25, -0.2) is 0 Å². The highest BCUT2D eigenvalue weighted by Crippen LogP contribution is 2.40. The quantitative estimate of drug-likeness (QED) is 0.722. The first-order valence-corrected chi connectivity index (χ1v) is 9.66. The number of fused-ring (bicyclic) bond motifs is 1. The molecule has 26 heavy (non-hydrogen) atoms. The van der Waals surface area contributed by atoms with Crippen molar-refractivity contribution in [3.63, 3.8) is 0 Å². The van der Waals surface area contributed by atoms with Crippen LogP contribution in [-0.4, -0.2) is 15.7 Å². The Labute approximate surface area is 157 Å². The van der Waals surface area contributed by atoms with Crippen molar-refractivity contribution in [2.45, 2.75) is 40.4 Å². The summed E-state index contributed by atoms with van der Waals surface area (Å²) < 4.78 is 1.94. The lowest BCUT2D eigenvalue weighted by Gasteiger charge is -2.26. The average molecular weight is 366 g/mol.